The van der Waals surface area contributed by atoms with Crippen molar-refractivity contribution in [2.75, 3.05) is 0 Å². The molecule has 3 rings (SSSR count). The third kappa shape index (κ3) is 4.01. The first kappa shape index (κ1) is 15.4. The normalized spacial score (nSPS) is 10.7. The van der Waals surface area contributed by atoms with Crippen LogP contribution in [0.3, 0.4) is 0 Å². The Balaban J connectivity index is 1.70. The first-order valence-electron chi connectivity index (χ1n) is 7.01. The molecule has 0 spiro atoms. The molecule has 2 heterocycles. The van der Waals surface area contributed by atoms with Crippen LogP contribution in [0.5, 0.6) is 0 Å². The highest BCUT2D eigenvalue weighted by Crippen LogP contribution is 2.26. The van der Waals surface area contributed by atoms with Crippen LogP contribution in [-0.2, 0) is 17.8 Å². The van der Waals surface area contributed by atoms with Crippen molar-refractivity contribution in [2.45, 2.75) is 19.9 Å². The highest BCUT2D eigenvalue weighted by Gasteiger charge is 2.12. The summed E-state index contributed by atoms with van der Waals surface area (Å²) in [6, 6.07) is 10.1. The fourth-order valence-corrected chi connectivity index (χ4v) is 2.93. The van der Waals surface area contributed by atoms with Gasteiger partial charge in [0.05, 0.1) is 17.8 Å². The van der Waals surface area contributed by atoms with Gasteiger partial charge in [0.2, 0.25) is 17.6 Å². The van der Waals surface area contributed by atoms with Crippen molar-refractivity contribution in [3.63, 3.8) is 0 Å². The summed E-state index contributed by atoms with van der Waals surface area (Å²) in [5.41, 5.74) is 0.776. The number of nitrogens with zero attached hydrogens (tertiary/aromatic N) is 2. The lowest BCUT2D eigenvalue weighted by Gasteiger charge is -1.96. The number of carbonyl (C=O) groups excluding carboxylic acids is 1. The van der Waals surface area contributed by atoms with Crippen molar-refractivity contribution >= 4 is 17.2 Å². The van der Waals surface area contributed by atoms with E-state index >= 15 is 0 Å². The first-order valence-corrected chi connectivity index (χ1v) is 7.82. The average molecular weight is 331 g/mol. The minimum absolute atomic E-state index is 0.0723. The summed E-state index contributed by atoms with van der Waals surface area (Å²) in [6.45, 7) is 1.96. The molecule has 5 nitrogen and oxygen atoms in total. The lowest BCUT2D eigenvalue weighted by Crippen LogP contribution is -2.17. The van der Waals surface area contributed by atoms with Gasteiger partial charge in [0.1, 0.15) is 5.82 Å². The number of nitrogens with one attached hydrogen (secondary N) is 1. The Bertz CT molecular complexity index is 828. The van der Waals surface area contributed by atoms with E-state index in [1.165, 1.54) is 30.4 Å². The average Bonchev–Trinajstić information content (AvgIpc) is 3.14. The molecule has 0 saturated carbocycles. The topological polar surface area (TPSA) is 68.0 Å². The van der Waals surface area contributed by atoms with Gasteiger partial charge in [0.15, 0.2) is 0 Å². The summed E-state index contributed by atoms with van der Waals surface area (Å²) in [5, 5.41) is 6.70. The van der Waals surface area contributed by atoms with Crippen molar-refractivity contribution < 1.29 is 13.7 Å². The van der Waals surface area contributed by atoms with Gasteiger partial charge in [0, 0.05) is 11.8 Å². The molecule has 0 aliphatic rings. The third-order valence-corrected chi connectivity index (χ3v) is 4.19. The molecule has 0 saturated heterocycles. The van der Waals surface area contributed by atoms with Gasteiger partial charge >= 0.3 is 0 Å². The predicted molar refractivity (Wildman–Crippen MR) is 84.3 cm³/mol. The van der Waals surface area contributed by atoms with E-state index in [-0.39, 0.29) is 11.7 Å². The lowest BCUT2D eigenvalue weighted by atomic mass is 10.1. The molecule has 7 heteroatoms. The maximum absolute atomic E-state index is 13.2. The summed E-state index contributed by atoms with van der Waals surface area (Å²) in [6.07, 6.45) is 0.384. The molecule has 0 radical (unpaired) electrons. The molecule has 0 aliphatic heterocycles. The van der Waals surface area contributed by atoms with Gasteiger partial charge in [-0.1, -0.05) is 17.3 Å². The summed E-state index contributed by atoms with van der Waals surface area (Å²) >= 11 is 1.49. The van der Waals surface area contributed by atoms with E-state index in [2.05, 4.69) is 15.5 Å². The number of carbonyl (C=O) groups is 1. The quantitative estimate of drug-likeness (QED) is 0.780. The van der Waals surface area contributed by atoms with Crippen LogP contribution in [0.15, 0.2) is 40.9 Å². The second-order valence-electron chi connectivity index (χ2n) is 4.99. The number of amides is 1. The monoisotopic (exact) mass is 331 g/mol. The number of hydrogen-bond donors (Lipinski definition) is 1. The smallest absolute Gasteiger partial charge is 0.231 e. The molecule has 0 bridgehead atoms. The number of hydrogen-bond acceptors (Lipinski definition) is 5. The van der Waals surface area contributed by atoms with E-state index in [4.69, 9.17) is 4.52 Å². The summed E-state index contributed by atoms with van der Waals surface area (Å²) in [5.74, 6) is 0.567. The molecule has 1 N–H and O–H groups in total. The summed E-state index contributed by atoms with van der Waals surface area (Å²) in [7, 11) is 0. The molecule has 0 fully saturated rings. The zero-order valence-electron chi connectivity index (χ0n) is 12.4. The molecule has 3 aromatic rings. The fraction of sp³-hybridized carbons (Fsp3) is 0.188. The Hall–Kier alpha value is -2.54. The second-order valence-corrected chi connectivity index (χ2v) is 6.16. The highest BCUT2D eigenvalue weighted by atomic mass is 32.1. The molecule has 2 aromatic heterocycles. The van der Waals surface area contributed by atoms with Gasteiger partial charge in [-0.3, -0.25) is 4.79 Å². The lowest BCUT2D eigenvalue weighted by molar-refractivity contribution is -0.119. The number of benzene rings is 1. The van der Waals surface area contributed by atoms with Gasteiger partial charge in [-0.15, -0.1) is 11.3 Å². The van der Waals surface area contributed by atoms with Crippen LogP contribution in [0, 0.1) is 5.82 Å². The molecule has 1 aromatic carbocycles. The van der Waals surface area contributed by atoms with E-state index in [1.807, 2.05) is 18.2 Å². The number of thiophene rings is 1. The Morgan fingerprint density at radius 2 is 2.22 bits per heavy atom. The van der Waals surface area contributed by atoms with Gasteiger partial charge in [-0.25, -0.2) is 4.39 Å². The van der Waals surface area contributed by atoms with Gasteiger partial charge in [0.25, 0.3) is 0 Å². The SMILES string of the molecule is CC(=O)NCc1ccc(-c2noc(Cc3cccc(F)c3)n2)s1. The Kier molecular flexibility index (Phi) is 4.47. The van der Waals surface area contributed by atoms with Gasteiger partial charge < -0.3 is 9.84 Å². The Labute approximate surface area is 136 Å². The molecular formula is C16H14FN3O2S. The zero-order chi connectivity index (χ0) is 16.2. The molecule has 0 aliphatic carbocycles. The Morgan fingerprint density at radius 1 is 1.35 bits per heavy atom. The van der Waals surface area contributed by atoms with Crippen molar-refractivity contribution in [3.8, 4) is 10.7 Å². The molecule has 1 amide bonds. The van der Waals surface area contributed by atoms with E-state index in [0.717, 1.165) is 15.3 Å². The largest absolute Gasteiger partial charge is 0.351 e. The Morgan fingerprint density at radius 3 is 3.00 bits per heavy atom. The fourth-order valence-electron chi connectivity index (χ4n) is 2.05. The second kappa shape index (κ2) is 6.70. The van der Waals surface area contributed by atoms with E-state index in [1.54, 1.807) is 6.07 Å². The van der Waals surface area contributed by atoms with Gasteiger partial charge in [-0.2, -0.15) is 4.98 Å². The van der Waals surface area contributed by atoms with Crippen LogP contribution < -0.4 is 5.32 Å². The maximum Gasteiger partial charge on any atom is 0.231 e. The van der Waals surface area contributed by atoms with Crippen molar-refractivity contribution in [3.05, 3.63) is 58.5 Å². The minimum atomic E-state index is -0.289. The minimum Gasteiger partial charge on any atom is -0.351 e. The van der Waals surface area contributed by atoms with Crippen LogP contribution in [0.2, 0.25) is 0 Å². The predicted octanol–water partition coefficient (Wildman–Crippen LogP) is 3.16. The highest BCUT2D eigenvalue weighted by molar-refractivity contribution is 7.15. The van der Waals surface area contributed by atoms with E-state index < -0.39 is 0 Å². The van der Waals surface area contributed by atoms with Crippen LogP contribution in [0.1, 0.15) is 23.3 Å². The summed E-state index contributed by atoms with van der Waals surface area (Å²) in [4.78, 5) is 17.1. The maximum atomic E-state index is 13.2. The summed E-state index contributed by atoms with van der Waals surface area (Å²) < 4.78 is 18.4. The van der Waals surface area contributed by atoms with Crippen LogP contribution in [-0.4, -0.2) is 16.0 Å². The standard InChI is InChI=1S/C16H14FN3O2S/c1-10(21)18-9-13-5-6-14(23-13)16-19-15(22-20-16)8-11-3-2-4-12(17)7-11/h2-7H,8-9H2,1H3,(H,18,21). The first-order chi connectivity index (χ1) is 11.1. The number of rotatable bonds is 5. The number of aromatic nitrogens is 2. The van der Waals surface area contributed by atoms with Crippen molar-refractivity contribution in [1.29, 1.82) is 0 Å². The zero-order valence-corrected chi connectivity index (χ0v) is 13.2. The van der Waals surface area contributed by atoms with Crippen LogP contribution >= 0.6 is 11.3 Å². The van der Waals surface area contributed by atoms with Crippen LogP contribution in [0.25, 0.3) is 10.7 Å². The molecule has 118 valence electrons. The molecular weight excluding hydrogens is 317 g/mol. The molecule has 0 atom stereocenters. The van der Waals surface area contributed by atoms with Crippen molar-refractivity contribution in [1.82, 2.24) is 15.5 Å². The molecule has 23 heavy (non-hydrogen) atoms. The van der Waals surface area contributed by atoms with E-state index in [0.29, 0.717) is 24.7 Å². The van der Waals surface area contributed by atoms with Crippen LogP contribution in [0.4, 0.5) is 4.39 Å². The van der Waals surface area contributed by atoms with E-state index in [9.17, 15) is 9.18 Å². The van der Waals surface area contributed by atoms with Crippen molar-refractivity contribution in [2.24, 2.45) is 0 Å². The molecule has 0 unspecified atom stereocenters. The van der Waals surface area contributed by atoms with Gasteiger partial charge in [-0.05, 0) is 29.8 Å². The number of halogens is 1. The third-order valence-electron chi connectivity index (χ3n) is 3.11.